The van der Waals surface area contributed by atoms with Crippen LogP contribution in [0.25, 0.3) is 0 Å². The van der Waals surface area contributed by atoms with Crippen LogP contribution in [-0.4, -0.2) is 31.7 Å². The summed E-state index contributed by atoms with van der Waals surface area (Å²) in [5.41, 5.74) is 0.459. The number of halogens is 2. The van der Waals surface area contributed by atoms with Crippen LogP contribution in [0.1, 0.15) is 13.8 Å². The van der Waals surface area contributed by atoms with E-state index in [1.807, 2.05) is 13.8 Å². The van der Waals surface area contributed by atoms with Crippen molar-refractivity contribution in [3.05, 3.63) is 48.0 Å². The van der Waals surface area contributed by atoms with Crippen molar-refractivity contribution in [2.75, 3.05) is 30.4 Å². The fourth-order valence-electron chi connectivity index (χ4n) is 2.25. The maximum absolute atomic E-state index is 13.1. The lowest BCUT2D eigenvalue weighted by Crippen LogP contribution is -2.35. The summed E-state index contributed by atoms with van der Waals surface area (Å²) in [5, 5.41) is 7.31. The topological polar surface area (TPSA) is 88.7 Å². The number of hydrogen-bond acceptors (Lipinski definition) is 4. The van der Waals surface area contributed by atoms with Gasteiger partial charge in [-0.2, -0.15) is 0 Å². The lowest BCUT2D eigenvalue weighted by molar-refractivity contribution is -0.115. The van der Waals surface area contributed by atoms with Gasteiger partial charge in [0.2, 0.25) is 5.91 Å². The molecule has 0 bridgehead atoms. The summed E-state index contributed by atoms with van der Waals surface area (Å²) in [4.78, 5) is 23.9. The lowest BCUT2D eigenvalue weighted by atomic mass is 10.2. The summed E-state index contributed by atoms with van der Waals surface area (Å²) in [6, 6.07) is 7.30. The Labute approximate surface area is 161 Å². The Morgan fingerprint density at radius 2 is 1.68 bits per heavy atom. The molecule has 0 saturated heterocycles. The Kier molecular flexibility index (Phi) is 7.55. The van der Waals surface area contributed by atoms with E-state index in [1.165, 1.54) is 6.07 Å². The Hall–Kier alpha value is -3.36. The normalized spacial score (nSPS) is 10.1. The summed E-state index contributed by atoms with van der Waals surface area (Å²) < 4.78 is 36.9. The van der Waals surface area contributed by atoms with Gasteiger partial charge in [0.15, 0.2) is 11.6 Å². The molecule has 3 N–H and O–H groups in total. The summed E-state index contributed by atoms with van der Waals surface area (Å²) in [6.45, 7) is 4.13. The Morgan fingerprint density at radius 1 is 0.929 bits per heavy atom. The van der Waals surface area contributed by atoms with Gasteiger partial charge in [0.1, 0.15) is 11.5 Å². The van der Waals surface area contributed by atoms with Crippen LogP contribution in [0, 0.1) is 11.6 Å². The molecule has 28 heavy (non-hydrogen) atoms. The molecule has 0 radical (unpaired) electrons. The number of nitrogens with one attached hydrogen (secondary N) is 3. The first-order valence-corrected chi connectivity index (χ1v) is 8.62. The van der Waals surface area contributed by atoms with Crippen molar-refractivity contribution in [1.82, 2.24) is 5.32 Å². The van der Waals surface area contributed by atoms with E-state index in [0.717, 1.165) is 12.1 Å². The summed E-state index contributed by atoms with van der Waals surface area (Å²) in [6.07, 6.45) is 0. The fraction of sp³-hybridized carbons (Fsp3) is 0.263. The molecule has 7 nitrogen and oxygen atoms in total. The van der Waals surface area contributed by atoms with E-state index in [0.29, 0.717) is 30.4 Å². The average Bonchev–Trinajstić information content (AvgIpc) is 2.65. The summed E-state index contributed by atoms with van der Waals surface area (Å²) in [5.74, 6) is -1.70. The number of anilines is 2. The second-order valence-electron chi connectivity index (χ2n) is 5.51. The highest BCUT2D eigenvalue weighted by Gasteiger charge is 2.12. The largest absolute Gasteiger partial charge is 0.494 e. The summed E-state index contributed by atoms with van der Waals surface area (Å²) in [7, 11) is 0. The number of benzene rings is 2. The van der Waals surface area contributed by atoms with Crippen molar-refractivity contribution < 1.29 is 27.8 Å². The zero-order valence-electron chi connectivity index (χ0n) is 15.5. The van der Waals surface area contributed by atoms with Gasteiger partial charge in [-0.25, -0.2) is 13.6 Å². The predicted molar refractivity (Wildman–Crippen MR) is 101 cm³/mol. The van der Waals surface area contributed by atoms with E-state index in [-0.39, 0.29) is 12.2 Å². The molecule has 0 atom stereocenters. The molecule has 150 valence electrons. The minimum absolute atomic E-state index is 0.0779. The highest BCUT2D eigenvalue weighted by molar-refractivity contribution is 5.97. The molecule has 0 saturated carbocycles. The molecular formula is C19H21F2N3O4. The molecule has 0 aliphatic heterocycles. The van der Waals surface area contributed by atoms with Crippen molar-refractivity contribution in [1.29, 1.82) is 0 Å². The zero-order chi connectivity index (χ0) is 20.5. The molecule has 0 aromatic heterocycles. The quantitative estimate of drug-likeness (QED) is 0.640. The molecule has 0 spiro atoms. The number of rotatable bonds is 8. The molecule has 0 aliphatic carbocycles. The van der Waals surface area contributed by atoms with Crippen LogP contribution in [0.5, 0.6) is 11.5 Å². The van der Waals surface area contributed by atoms with Crippen LogP contribution in [-0.2, 0) is 4.79 Å². The smallest absolute Gasteiger partial charge is 0.319 e. The van der Waals surface area contributed by atoms with Gasteiger partial charge < -0.3 is 25.4 Å². The average molecular weight is 393 g/mol. The van der Waals surface area contributed by atoms with Gasteiger partial charge in [0.25, 0.3) is 0 Å². The predicted octanol–water partition coefficient (Wildman–Crippen LogP) is 3.52. The number of carbonyl (C=O) groups excluding carboxylic acids is 2. The van der Waals surface area contributed by atoms with Gasteiger partial charge in [0, 0.05) is 17.8 Å². The maximum Gasteiger partial charge on any atom is 0.319 e. The molecule has 0 heterocycles. The monoisotopic (exact) mass is 393 g/mol. The van der Waals surface area contributed by atoms with Gasteiger partial charge in [-0.1, -0.05) is 0 Å². The first-order chi connectivity index (χ1) is 13.4. The van der Waals surface area contributed by atoms with Crippen LogP contribution < -0.4 is 25.4 Å². The zero-order valence-corrected chi connectivity index (χ0v) is 15.5. The van der Waals surface area contributed by atoms with E-state index in [2.05, 4.69) is 16.0 Å². The lowest BCUT2D eigenvalue weighted by Gasteiger charge is -2.14. The second-order valence-corrected chi connectivity index (χ2v) is 5.51. The highest BCUT2D eigenvalue weighted by atomic mass is 19.2. The highest BCUT2D eigenvalue weighted by Crippen LogP contribution is 2.29. The van der Waals surface area contributed by atoms with E-state index in [4.69, 9.17) is 9.47 Å². The van der Waals surface area contributed by atoms with Gasteiger partial charge in [-0.3, -0.25) is 4.79 Å². The van der Waals surface area contributed by atoms with Crippen LogP contribution in [0.3, 0.4) is 0 Å². The number of carbonyl (C=O) groups is 2. The first kappa shape index (κ1) is 20.9. The van der Waals surface area contributed by atoms with Crippen LogP contribution >= 0.6 is 0 Å². The molecular weight excluding hydrogens is 372 g/mol. The van der Waals surface area contributed by atoms with Crippen molar-refractivity contribution in [2.24, 2.45) is 0 Å². The fourth-order valence-corrected chi connectivity index (χ4v) is 2.25. The molecule has 2 aromatic carbocycles. The molecule has 9 heteroatoms. The van der Waals surface area contributed by atoms with Crippen molar-refractivity contribution in [3.63, 3.8) is 0 Å². The number of urea groups is 1. The van der Waals surface area contributed by atoms with Crippen molar-refractivity contribution in [3.8, 4) is 11.5 Å². The molecule has 2 rings (SSSR count). The minimum Gasteiger partial charge on any atom is -0.494 e. The third-order valence-corrected chi connectivity index (χ3v) is 3.42. The number of ether oxygens (including phenoxy) is 2. The summed E-state index contributed by atoms with van der Waals surface area (Å²) >= 11 is 0. The standard InChI is InChI=1S/C19H21F2N3O4/c1-3-27-13-6-8-17(28-4-2)16(10-13)24-19(26)22-11-18(25)23-12-5-7-14(20)15(21)9-12/h5-10H,3-4,11H2,1-2H3,(H,23,25)(H2,22,24,26). The van der Waals surface area contributed by atoms with Gasteiger partial charge in [-0.05, 0) is 38.1 Å². The molecule has 0 unspecified atom stereocenters. The van der Waals surface area contributed by atoms with Gasteiger partial charge >= 0.3 is 6.03 Å². The van der Waals surface area contributed by atoms with Gasteiger partial charge in [-0.15, -0.1) is 0 Å². The Bertz CT molecular complexity index is 846. The Morgan fingerprint density at radius 3 is 2.36 bits per heavy atom. The van der Waals surface area contributed by atoms with E-state index >= 15 is 0 Å². The van der Waals surface area contributed by atoms with E-state index in [1.54, 1.807) is 18.2 Å². The molecule has 0 fully saturated rings. The first-order valence-electron chi connectivity index (χ1n) is 8.62. The van der Waals surface area contributed by atoms with Crippen LogP contribution in [0.15, 0.2) is 36.4 Å². The Balaban J connectivity index is 1.93. The molecule has 3 amide bonds. The van der Waals surface area contributed by atoms with Crippen LogP contribution in [0.4, 0.5) is 25.0 Å². The van der Waals surface area contributed by atoms with Crippen molar-refractivity contribution in [2.45, 2.75) is 13.8 Å². The maximum atomic E-state index is 13.1. The molecule has 2 aromatic rings. The molecule has 0 aliphatic rings. The number of amides is 3. The second kappa shape index (κ2) is 10.1. The third-order valence-electron chi connectivity index (χ3n) is 3.42. The number of hydrogen-bond donors (Lipinski definition) is 3. The minimum atomic E-state index is -1.08. The third kappa shape index (κ3) is 6.11. The van der Waals surface area contributed by atoms with E-state index < -0.39 is 23.6 Å². The van der Waals surface area contributed by atoms with Gasteiger partial charge in [0.05, 0.1) is 25.4 Å². The SMILES string of the molecule is CCOc1ccc(OCC)c(NC(=O)NCC(=O)Nc2ccc(F)c(F)c2)c1. The van der Waals surface area contributed by atoms with E-state index in [9.17, 15) is 18.4 Å². The van der Waals surface area contributed by atoms with Crippen molar-refractivity contribution >= 4 is 23.3 Å². The van der Waals surface area contributed by atoms with Crippen LogP contribution in [0.2, 0.25) is 0 Å².